The van der Waals surface area contributed by atoms with Crippen LogP contribution in [0.2, 0.25) is 0 Å². The summed E-state index contributed by atoms with van der Waals surface area (Å²) < 4.78 is 5.37. The molecular formula is C10H20O2. The Kier molecular flexibility index (Phi) is 4.02. The largest absolute Gasteiger partial charge is 0.365 e. The zero-order valence-electron chi connectivity index (χ0n) is 8.01. The molecule has 1 aliphatic heterocycles. The lowest BCUT2D eigenvalue weighted by molar-refractivity contribution is -0.228. The molecule has 12 heavy (non-hydrogen) atoms. The van der Waals surface area contributed by atoms with Crippen LogP contribution in [0, 0.1) is 0 Å². The van der Waals surface area contributed by atoms with E-state index >= 15 is 0 Å². The number of rotatable bonds is 4. The van der Waals surface area contributed by atoms with Crippen molar-refractivity contribution in [2.75, 3.05) is 6.61 Å². The summed E-state index contributed by atoms with van der Waals surface area (Å²) in [6.45, 7) is 2.91. The first-order valence-corrected chi connectivity index (χ1v) is 5.13. The average Bonchev–Trinajstić information content (AvgIpc) is 2.06. The predicted octanol–water partition coefficient (Wildman–Crippen LogP) is 2.46. The van der Waals surface area contributed by atoms with Crippen molar-refractivity contribution in [1.29, 1.82) is 0 Å². The van der Waals surface area contributed by atoms with Gasteiger partial charge < -0.3 is 9.84 Å². The van der Waals surface area contributed by atoms with Gasteiger partial charge in [-0.15, -0.1) is 0 Å². The third-order valence-corrected chi connectivity index (χ3v) is 2.50. The Hall–Kier alpha value is -0.0800. The maximum absolute atomic E-state index is 9.88. The van der Waals surface area contributed by atoms with E-state index in [0.717, 1.165) is 38.7 Å². The molecule has 1 saturated heterocycles. The first-order chi connectivity index (χ1) is 5.77. The third kappa shape index (κ3) is 3.11. The van der Waals surface area contributed by atoms with Crippen molar-refractivity contribution in [3.05, 3.63) is 0 Å². The molecule has 1 atom stereocenters. The molecule has 0 bridgehead atoms. The fraction of sp³-hybridized carbons (Fsp3) is 1.00. The van der Waals surface area contributed by atoms with Crippen molar-refractivity contribution in [1.82, 2.24) is 0 Å². The lowest BCUT2D eigenvalue weighted by Crippen LogP contribution is -2.35. The van der Waals surface area contributed by atoms with Gasteiger partial charge in [-0.2, -0.15) is 0 Å². The van der Waals surface area contributed by atoms with Crippen LogP contribution >= 0.6 is 0 Å². The molecule has 0 aromatic carbocycles. The Balaban J connectivity index is 2.17. The fourth-order valence-corrected chi connectivity index (χ4v) is 1.69. The molecular weight excluding hydrogens is 152 g/mol. The molecule has 1 N–H and O–H groups in total. The van der Waals surface area contributed by atoms with Gasteiger partial charge in [-0.3, -0.25) is 0 Å². The van der Waals surface area contributed by atoms with E-state index in [4.69, 9.17) is 4.74 Å². The Morgan fingerprint density at radius 2 is 2.17 bits per heavy atom. The fourth-order valence-electron chi connectivity index (χ4n) is 1.69. The van der Waals surface area contributed by atoms with E-state index in [2.05, 4.69) is 6.92 Å². The molecule has 1 aliphatic rings. The highest BCUT2D eigenvalue weighted by Gasteiger charge is 2.29. The molecule has 72 valence electrons. The molecule has 0 aliphatic carbocycles. The van der Waals surface area contributed by atoms with Gasteiger partial charge in [-0.25, -0.2) is 0 Å². The Bertz CT molecular complexity index is 117. The molecule has 0 saturated carbocycles. The summed E-state index contributed by atoms with van der Waals surface area (Å²) in [5, 5.41) is 9.88. The minimum atomic E-state index is -0.770. The Morgan fingerprint density at radius 3 is 2.75 bits per heavy atom. The topological polar surface area (TPSA) is 29.5 Å². The molecule has 1 rings (SSSR count). The molecule has 2 nitrogen and oxygen atoms in total. The van der Waals surface area contributed by atoms with E-state index in [9.17, 15) is 5.11 Å². The minimum absolute atomic E-state index is 0.739. The smallest absolute Gasteiger partial charge is 0.165 e. The van der Waals surface area contributed by atoms with Gasteiger partial charge in [0.15, 0.2) is 5.79 Å². The van der Waals surface area contributed by atoms with E-state index in [1.807, 2.05) is 0 Å². The second-order valence-corrected chi connectivity index (χ2v) is 3.71. The van der Waals surface area contributed by atoms with Gasteiger partial charge in [0.2, 0.25) is 0 Å². The molecule has 1 unspecified atom stereocenters. The van der Waals surface area contributed by atoms with Crippen molar-refractivity contribution in [3.63, 3.8) is 0 Å². The van der Waals surface area contributed by atoms with Crippen LogP contribution in [0.3, 0.4) is 0 Å². The van der Waals surface area contributed by atoms with E-state index < -0.39 is 5.79 Å². The second kappa shape index (κ2) is 4.83. The summed E-state index contributed by atoms with van der Waals surface area (Å²) >= 11 is 0. The normalized spacial score (nSPS) is 30.5. The molecule has 1 fully saturated rings. The molecule has 0 aromatic rings. The van der Waals surface area contributed by atoms with E-state index in [1.54, 1.807) is 0 Å². The lowest BCUT2D eigenvalue weighted by atomic mass is 9.99. The van der Waals surface area contributed by atoms with Crippen LogP contribution in [0.25, 0.3) is 0 Å². The highest BCUT2D eigenvalue weighted by molar-refractivity contribution is 4.71. The van der Waals surface area contributed by atoms with E-state index in [1.165, 1.54) is 12.8 Å². The van der Waals surface area contributed by atoms with Gasteiger partial charge in [0.1, 0.15) is 0 Å². The van der Waals surface area contributed by atoms with Crippen molar-refractivity contribution in [2.24, 2.45) is 0 Å². The summed E-state index contributed by atoms with van der Waals surface area (Å²) in [6, 6.07) is 0. The first-order valence-electron chi connectivity index (χ1n) is 5.13. The van der Waals surface area contributed by atoms with Crippen LogP contribution in [0.1, 0.15) is 51.9 Å². The number of ether oxygens (including phenoxy) is 1. The Labute approximate surface area is 74.9 Å². The zero-order valence-corrected chi connectivity index (χ0v) is 8.01. The van der Waals surface area contributed by atoms with Crippen LogP contribution in [-0.2, 0) is 4.74 Å². The molecule has 0 radical (unpaired) electrons. The number of unbranched alkanes of at least 4 members (excludes halogenated alkanes) is 2. The summed E-state index contributed by atoms with van der Waals surface area (Å²) in [4.78, 5) is 0. The predicted molar refractivity (Wildman–Crippen MR) is 48.9 cm³/mol. The van der Waals surface area contributed by atoms with E-state index in [-0.39, 0.29) is 0 Å². The standard InChI is InChI=1S/C10H20O2/c1-2-3-4-7-10(11)8-5-6-9-12-10/h11H,2-9H2,1H3. The number of hydrogen-bond acceptors (Lipinski definition) is 2. The Morgan fingerprint density at radius 1 is 1.33 bits per heavy atom. The van der Waals surface area contributed by atoms with Crippen LogP contribution in [0.5, 0.6) is 0 Å². The summed E-state index contributed by atoms with van der Waals surface area (Å²) in [6.07, 6.45) is 7.37. The monoisotopic (exact) mass is 172 g/mol. The van der Waals surface area contributed by atoms with Gasteiger partial charge >= 0.3 is 0 Å². The van der Waals surface area contributed by atoms with Crippen LogP contribution in [-0.4, -0.2) is 17.5 Å². The highest BCUT2D eigenvalue weighted by Crippen LogP contribution is 2.27. The SMILES string of the molecule is CCCCCC1(O)CCCCO1. The van der Waals surface area contributed by atoms with Crippen LogP contribution < -0.4 is 0 Å². The van der Waals surface area contributed by atoms with Crippen LogP contribution in [0.4, 0.5) is 0 Å². The van der Waals surface area contributed by atoms with Crippen molar-refractivity contribution >= 4 is 0 Å². The maximum atomic E-state index is 9.88. The molecule has 2 heteroatoms. The lowest BCUT2D eigenvalue weighted by Gasteiger charge is -2.32. The van der Waals surface area contributed by atoms with Crippen LogP contribution in [0.15, 0.2) is 0 Å². The first kappa shape index (κ1) is 10.0. The molecule has 0 spiro atoms. The number of hydrogen-bond donors (Lipinski definition) is 1. The van der Waals surface area contributed by atoms with Gasteiger partial charge in [0, 0.05) is 12.8 Å². The summed E-state index contributed by atoms with van der Waals surface area (Å²) in [5.41, 5.74) is 0. The quantitative estimate of drug-likeness (QED) is 0.660. The summed E-state index contributed by atoms with van der Waals surface area (Å²) in [7, 11) is 0. The van der Waals surface area contributed by atoms with E-state index in [0.29, 0.717) is 0 Å². The third-order valence-electron chi connectivity index (χ3n) is 2.50. The molecule has 0 aromatic heterocycles. The maximum Gasteiger partial charge on any atom is 0.165 e. The summed E-state index contributed by atoms with van der Waals surface area (Å²) in [5.74, 6) is -0.770. The second-order valence-electron chi connectivity index (χ2n) is 3.71. The molecule has 0 amide bonds. The van der Waals surface area contributed by atoms with Crippen molar-refractivity contribution < 1.29 is 9.84 Å². The minimum Gasteiger partial charge on any atom is -0.365 e. The van der Waals surface area contributed by atoms with Gasteiger partial charge in [0.25, 0.3) is 0 Å². The van der Waals surface area contributed by atoms with Gasteiger partial charge in [0.05, 0.1) is 6.61 Å². The van der Waals surface area contributed by atoms with Crippen molar-refractivity contribution in [3.8, 4) is 0 Å². The zero-order chi connectivity index (χ0) is 8.86. The molecule has 1 heterocycles. The van der Waals surface area contributed by atoms with Gasteiger partial charge in [-0.1, -0.05) is 19.8 Å². The van der Waals surface area contributed by atoms with Gasteiger partial charge in [-0.05, 0) is 19.3 Å². The average molecular weight is 172 g/mol. The number of aliphatic hydroxyl groups is 1. The van der Waals surface area contributed by atoms with Crippen molar-refractivity contribution in [2.45, 2.75) is 57.7 Å². The highest BCUT2D eigenvalue weighted by atomic mass is 16.6.